The number of nitrogens with zero attached hydrogens (tertiary/aromatic N) is 2. The maximum Gasteiger partial charge on any atom is 0.290 e. The molecule has 1 radical (unpaired) electrons. The van der Waals surface area contributed by atoms with E-state index < -0.39 is 0 Å². The van der Waals surface area contributed by atoms with Crippen molar-refractivity contribution in [2.75, 3.05) is 0 Å². The third-order valence-corrected chi connectivity index (χ3v) is 0.736. The highest BCUT2D eigenvalue weighted by Gasteiger charge is 2.00. The zero-order valence-electron chi connectivity index (χ0n) is 3.91. The average molecular weight is 94.1 g/mol. The summed E-state index contributed by atoms with van der Waals surface area (Å²) in [5.74, 6) is 0. The molecule has 1 aliphatic heterocycles. The van der Waals surface area contributed by atoms with Crippen LogP contribution in [0.1, 0.15) is 0 Å². The van der Waals surface area contributed by atoms with Gasteiger partial charge in [0.1, 0.15) is 6.20 Å². The van der Waals surface area contributed by atoms with E-state index >= 15 is 0 Å². The Labute approximate surface area is 42.5 Å². The Balaban J connectivity index is 2.59. The van der Waals surface area contributed by atoms with Gasteiger partial charge in [-0.25, -0.2) is 4.90 Å². The average Bonchev–Trinajstić information content (AvgIpc) is 2.14. The summed E-state index contributed by atoms with van der Waals surface area (Å²) in [6.07, 6.45) is 6.91. The highest BCUT2D eigenvalue weighted by Crippen LogP contribution is 1.86. The lowest BCUT2D eigenvalue weighted by Crippen LogP contribution is -2.01. The van der Waals surface area contributed by atoms with Gasteiger partial charge >= 0.3 is 0 Å². The minimum Gasteiger partial charge on any atom is -0.206 e. The Morgan fingerprint density at radius 2 is 2.57 bits per heavy atom. The molecule has 0 N–H and O–H groups in total. The molecule has 0 saturated heterocycles. The van der Waals surface area contributed by atoms with Crippen molar-refractivity contribution in [3.8, 4) is 0 Å². The van der Waals surface area contributed by atoms with Gasteiger partial charge in [-0.3, -0.25) is 0 Å². The molecule has 0 aromatic carbocycles. The first kappa shape index (κ1) is 4.12. The summed E-state index contributed by atoms with van der Waals surface area (Å²) < 4.78 is 0. The third-order valence-electron chi connectivity index (χ3n) is 0.736. The van der Waals surface area contributed by atoms with Crippen molar-refractivity contribution >= 4 is 6.34 Å². The molecule has 0 atom stereocenters. The van der Waals surface area contributed by atoms with Crippen LogP contribution in [0, 0.1) is 0 Å². The van der Waals surface area contributed by atoms with Crippen LogP contribution in [0.2, 0.25) is 0 Å². The summed E-state index contributed by atoms with van der Waals surface area (Å²) in [5.41, 5.74) is 0. The van der Waals surface area contributed by atoms with E-state index in [9.17, 15) is 0 Å². The fourth-order valence-electron chi connectivity index (χ4n) is 0.377. The highest BCUT2D eigenvalue weighted by atomic mass is 15.1. The van der Waals surface area contributed by atoms with Crippen LogP contribution >= 0.6 is 0 Å². The SMILES string of the molecule is C=CN1C=C[N+]=C1. The first-order chi connectivity index (χ1) is 3.43. The van der Waals surface area contributed by atoms with Crippen molar-refractivity contribution < 1.29 is 0 Å². The molecule has 2 nitrogen and oxygen atoms in total. The summed E-state index contributed by atoms with van der Waals surface area (Å²) in [6, 6.07) is 0. The zero-order valence-corrected chi connectivity index (χ0v) is 3.91. The molecule has 0 amide bonds. The second-order valence-corrected chi connectivity index (χ2v) is 1.19. The van der Waals surface area contributed by atoms with Crippen molar-refractivity contribution in [3.63, 3.8) is 0 Å². The van der Waals surface area contributed by atoms with Gasteiger partial charge in [-0.2, -0.15) is 0 Å². The van der Waals surface area contributed by atoms with Crippen LogP contribution in [0.25, 0.3) is 0 Å². The van der Waals surface area contributed by atoms with Crippen molar-refractivity contribution in [1.29, 1.82) is 0 Å². The minimum absolute atomic E-state index is 1.69. The molecule has 35 valence electrons. The number of hydrogen-bond donors (Lipinski definition) is 0. The number of hydrogen-bond acceptors (Lipinski definition) is 2. The highest BCUT2D eigenvalue weighted by molar-refractivity contribution is 5.59. The quantitative estimate of drug-likeness (QED) is 0.456. The molecule has 0 aliphatic carbocycles. The lowest BCUT2D eigenvalue weighted by Gasteiger charge is -1.86. The van der Waals surface area contributed by atoms with E-state index in [0.717, 1.165) is 0 Å². The molecule has 1 aliphatic rings. The van der Waals surface area contributed by atoms with E-state index in [1.165, 1.54) is 0 Å². The molecule has 0 aromatic rings. The summed E-state index contributed by atoms with van der Waals surface area (Å²) in [5, 5.41) is 0. The Bertz CT molecular complexity index is 112. The molecule has 0 bridgehead atoms. The Morgan fingerprint density at radius 1 is 1.71 bits per heavy atom. The normalized spacial score (nSPS) is 15.7. The molecule has 1 rings (SSSR count). The van der Waals surface area contributed by atoms with Gasteiger partial charge in [0.15, 0.2) is 6.20 Å². The molecule has 0 fully saturated rings. The van der Waals surface area contributed by atoms with E-state index in [0.29, 0.717) is 0 Å². The molecular formula is C5H6N2+. The summed E-state index contributed by atoms with van der Waals surface area (Å²) >= 11 is 0. The fourth-order valence-corrected chi connectivity index (χ4v) is 0.377. The predicted octanol–water partition coefficient (Wildman–Crippen LogP) is 0.281. The van der Waals surface area contributed by atoms with Crippen molar-refractivity contribution in [2.45, 2.75) is 0 Å². The molecule has 2 heteroatoms. The van der Waals surface area contributed by atoms with Gasteiger partial charge in [-0.1, -0.05) is 11.6 Å². The Morgan fingerprint density at radius 3 is 2.86 bits per heavy atom. The largest absolute Gasteiger partial charge is 0.290 e. The molecular weight excluding hydrogens is 88.1 g/mol. The van der Waals surface area contributed by atoms with Gasteiger partial charge in [-0.15, -0.1) is 0 Å². The van der Waals surface area contributed by atoms with Gasteiger partial charge in [0.25, 0.3) is 6.34 Å². The first-order valence-electron chi connectivity index (χ1n) is 2.03. The van der Waals surface area contributed by atoms with Crippen LogP contribution in [0.5, 0.6) is 0 Å². The fraction of sp³-hybridized carbons (Fsp3) is 0. The maximum absolute atomic E-state index is 3.78. The van der Waals surface area contributed by atoms with Gasteiger partial charge in [0, 0.05) is 0 Å². The van der Waals surface area contributed by atoms with Crippen molar-refractivity contribution in [1.82, 2.24) is 9.89 Å². The second kappa shape index (κ2) is 1.60. The Hall–Kier alpha value is -1.05. The van der Waals surface area contributed by atoms with Gasteiger partial charge in [-0.05, 0) is 0 Å². The van der Waals surface area contributed by atoms with Crippen LogP contribution in [-0.4, -0.2) is 11.2 Å². The van der Waals surface area contributed by atoms with E-state index in [1.54, 1.807) is 23.6 Å². The van der Waals surface area contributed by atoms with E-state index in [4.69, 9.17) is 0 Å². The summed E-state index contributed by atoms with van der Waals surface area (Å²) in [6.45, 7) is 3.53. The smallest absolute Gasteiger partial charge is 0.206 e. The standard InChI is InChI=1S/C5H6N2/c1-2-7-4-3-6-5-7/h2-5H,1H2/q+1. The van der Waals surface area contributed by atoms with Gasteiger partial charge in [0.05, 0.1) is 6.20 Å². The topological polar surface area (TPSA) is 17.3 Å². The molecule has 1 heterocycles. The summed E-state index contributed by atoms with van der Waals surface area (Å²) in [4.78, 5) is 5.56. The second-order valence-electron chi connectivity index (χ2n) is 1.19. The molecule has 0 spiro atoms. The van der Waals surface area contributed by atoms with Crippen LogP contribution < -0.4 is 4.99 Å². The van der Waals surface area contributed by atoms with Crippen LogP contribution in [0.3, 0.4) is 0 Å². The van der Waals surface area contributed by atoms with Crippen molar-refractivity contribution in [2.24, 2.45) is 0 Å². The number of aliphatic imine (C=N–C) groups is 1. The van der Waals surface area contributed by atoms with Crippen LogP contribution in [0.15, 0.2) is 25.2 Å². The lowest BCUT2D eigenvalue weighted by atomic mass is 10.8. The monoisotopic (exact) mass is 94.1 g/mol. The molecule has 0 saturated carbocycles. The summed E-state index contributed by atoms with van der Waals surface area (Å²) in [7, 11) is 0. The van der Waals surface area contributed by atoms with E-state index in [2.05, 4.69) is 11.6 Å². The molecule has 0 aromatic heterocycles. The minimum atomic E-state index is 1.69. The molecule has 7 heavy (non-hydrogen) atoms. The van der Waals surface area contributed by atoms with Crippen molar-refractivity contribution in [3.05, 3.63) is 25.2 Å². The van der Waals surface area contributed by atoms with Gasteiger partial charge < -0.3 is 0 Å². The molecule has 0 unspecified atom stereocenters. The predicted molar refractivity (Wildman–Crippen MR) is 29.4 cm³/mol. The first-order valence-corrected chi connectivity index (χ1v) is 2.03. The zero-order chi connectivity index (χ0) is 5.11. The number of rotatable bonds is 1. The lowest BCUT2D eigenvalue weighted by molar-refractivity contribution is 0.804. The van der Waals surface area contributed by atoms with Crippen LogP contribution in [-0.2, 0) is 0 Å². The third kappa shape index (κ3) is 0.682. The van der Waals surface area contributed by atoms with Crippen LogP contribution in [0.4, 0.5) is 0 Å². The maximum atomic E-state index is 3.78. The Kier molecular flexibility index (Phi) is 0.941. The van der Waals surface area contributed by atoms with E-state index in [-0.39, 0.29) is 0 Å². The van der Waals surface area contributed by atoms with Gasteiger partial charge in [0.2, 0.25) is 0 Å². The van der Waals surface area contributed by atoms with E-state index in [1.807, 2.05) is 6.20 Å².